The smallest absolute Gasteiger partial charge is 0.202 e. The molecule has 0 saturated carbocycles. The second-order valence-electron chi connectivity index (χ2n) is 16.0. The number of aromatic hydroxyl groups is 4. The molecule has 0 bridgehead atoms. The molecule has 2 aliphatic carbocycles. The molecular formula is C44H52F2N8O8. The lowest BCUT2D eigenvalue weighted by atomic mass is 9.81. The molecule has 8 N–H and O–H groups in total. The predicted molar refractivity (Wildman–Crippen MR) is 232 cm³/mol. The zero-order valence-corrected chi connectivity index (χ0v) is 35.5. The summed E-state index contributed by atoms with van der Waals surface area (Å²) >= 11 is 0. The van der Waals surface area contributed by atoms with Crippen LogP contribution in [0.5, 0.6) is 23.0 Å². The summed E-state index contributed by atoms with van der Waals surface area (Å²) in [5.74, 6) is -7.74. The van der Waals surface area contributed by atoms with Gasteiger partial charge in [0.1, 0.15) is 23.0 Å². The van der Waals surface area contributed by atoms with Crippen LogP contribution in [0.2, 0.25) is 0 Å². The van der Waals surface area contributed by atoms with Gasteiger partial charge in [0, 0.05) is 76.8 Å². The van der Waals surface area contributed by atoms with Gasteiger partial charge >= 0.3 is 0 Å². The van der Waals surface area contributed by atoms with Crippen LogP contribution in [0.4, 0.5) is 31.5 Å². The van der Waals surface area contributed by atoms with E-state index in [1.54, 1.807) is 25.1 Å². The summed E-state index contributed by atoms with van der Waals surface area (Å²) in [4.78, 5) is 63.1. The van der Waals surface area contributed by atoms with E-state index in [1.165, 1.54) is 18.2 Å². The van der Waals surface area contributed by atoms with Gasteiger partial charge in [-0.05, 0) is 78.7 Å². The lowest BCUT2D eigenvalue weighted by Gasteiger charge is -2.27. The number of hydrogen-bond donors (Lipinski definition) is 8. The molecule has 0 amide bonds. The highest BCUT2D eigenvalue weighted by atomic mass is 19.2. The zero-order valence-electron chi connectivity index (χ0n) is 35.5. The number of nitrogens with one attached hydrogen (secondary N) is 4. The average Bonchev–Trinajstić information content (AvgIpc) is 3.21. The molecule has 18 heteroatoms. The number of nitrogens with zero attached hydrogens (tertiary/aromatic N) is 4. The number of halogens is 2. The molecule has 0 unspecified atom stereocenters. The van der Waals surface area contributed by atoms with Crippen molar-refractivity contribution in [2.24, 2.45) is 0 Å². The van der Waals surface area contributed by atoms with Crippen molar-refractivity contribution in [3.8, 4) is 23.0 Å². The minimum Gasteiger partial charge on any atom is -0.507 e. The molecule has 0 heterocycles. The summed E-state index contributed by atoms with van der Waals surface area (Å²) in [7, 11) is 11.0. The molecule has 62 heavy (non-hydrogen) atoms. The molecule has 16 nitrogen and oxygen atoms in total. The van der Waals surface area contributed by atoms with E-state index < -0.39 is 79.9 Å². The third-order valence-corrected chi connectivity index (χ3v) is 10.9. The third-order valence-electron chi connectivity index (χ3n) is 10.9. The molecule has 0 saturated heterocycles. The van der Waals surface area contributed by atoms with Gasteiger partial charge in [0.25, 0.3) is 0 Å². The van der Waals surface area contributed by atoms with E-state index in [-0.39, 0.29) is 46.8 Å². The normalized spacial score (nSPS) is 13.2. The average molecular weight is 859 g/mol. The molecule has 0 radical (unpaired) electrons. The Morgan fingerprint density at radius 3 is 1.08 bits per heavy atom. The van der Waals surface area contributed by atoms with E-state index in [0.717, 1.165) is 12.1 Å². The maximum absolute atomic E-state index is 15.9. The predicted octanol–water partition coefficient (Wildman–Crippen LogP) is 3.67. The Bertz CT molecular complexity index is 2440. The number of phenolic OH excluding ortho intramolecular Hbond substituents is 4. The van der Waals surface area contributed by atoms with Crippen molar-refractivity contribution < 1.29 is 48.4 Å². The minimum absolute atomic E-state index is 0.0108. The number of hydrogen-bond acceptors (Lipinski definition) is 16. The third kappa shape index (κ3) is 8.85. The largest absolute Gasteiger partial charge is 0.507 e. The van der Waals surface area contributed by atoms with Gasteiger partial charge < -0.3 is 61.3 Å². The molecule has 4 aromatic rings. The number of benzene rings is 4. The van der Waals surface area contributed by atoms with E-state index in [9.17, 15) is 39.6 Å². The van der Waals surface area contributed by atoms with Crippen LogP contribution in [0, 0.1) is 11.6 Å². The highest BCUT2D eigenvalue weighted by molar-refractivity contribution is 6.34. The maximum Gasteiger partial charge on any atom is 0.202 e. The molecule has 0 aromatic heterocycles. The summed E-state index contributed by atoms with van der Waals surface area (Å²) in [5, 5.41) is 54.4. The van der Waals surface area contributed by atoms with Crippen LogP contribution in [-0.4, -0.2) is 171 Å². The van der Waals surface area contributed by atoms with Crippen LogP contribution < -0.4 is 21.3 Å². The number of carbonyl (C=O) groups excluding carboxylic acids is 4. The Morgan fingerprint density at radius 1 is 0.403 bits per heavy atom. The van der Waals surface area contributed by atoms with E-state index in [2.05, 4.69) is 21.3 Å². The molecule has 0 fully saturated rings. The number of carbonyl (C=O) groups is 4. The van der Waals surface area contributed by atoms with Gasteiger partial charge in [-0.2, -0.15) is 0 Å². The second kappa shape index (κ2) is 18.7. The first kappa shape index (κ1) is 45.2. The number of fused-ring (bicyclic) bond motifs is 4. The fourth-order valence-electron chi connectivity index (χ4n) is 7.56. The van der Waals surface area contributed by atoms with Gasteiger partial charge in [-0.3, -0.25) is 19.2 Å². The number of rotatable bonds is 19. The molecule has 0 atom stereocenters. The first-order valence-corrected chi connectivity index (χ1v) is 20.1. The lowest BCUT2D eigenvalue weighted by Crippen LogP contribution is -2.35. The second-order valence-corrected chi connectivity index (χ2v) is 16.0. The van der Waals surface area contributed by atoms with E-state index in [0.29, 0.717) is 63.7 Å². The van der Waals surface area contributed by atoms with Gasteiger partial charge in [-0.15, -0.1) is 0 Å². The summed E-state index contributed by atoms with van der Waals surface area (Å²) in [5.41, 5.74) is -2.52. The Balaban J connectivity index is 1.09. The van der Waals surface area contributed by atoms with Crippen LogP contribution in [0.25, 0.3) is 0 Å². The first-order chi connectivity index (χ1) is 29.4. The first-order valence-electron chi connectivity index (χ1n) is 20.1. The standard InChI is InChI=1S/C44H52F2N8O8/c1-51(2)17-13-47-23-7-9-25(55)31-29(23)41(59)30-24(8-10-26(56)32(30)42(31)60)48-15-19-53(5)21-22-54(6)20-16-50-40-36-35(39(37(45)38(40)46)49-14-18-52(3)4)43(61)33-27(57)11-12-28(58)34(33)44(36)62/h7-12,47-50,55-58H,13-22H2,1-6H3. The van der Waals surface area contributed by atoms with Gasteiger partial charge in [-0.1, -0.05) is 0 Å². The van der Waals surface area contributed by atoms with Crippen molar-refractivity contribution in [1.82, 2.24) is 19.6 Å². The Hall–Kier alpha value is -6.34. The number of anilines is 4. The van der Waals surface area contributed by atoms with Gasteiger partial charge in [0.05, 0.1) is 55.9 Å². The zero-order chi connectivity index (χ0) is 45.2. The highest BCUT2D eigenvalue weighted by Gasteiger charge is 2.41. The molecular weight excluding hydrogens is 807 g/mol. The van der Waals surface area contributed by atoms with Gasteiger partial charge in [0.15, 0.2) is 17.4 Å². The summed E-state index contributed by atoms with van der Waals surface area (Å²) in [6.45, 7) is 3.86. The fraction of sp³-hybridized carbons (Fsp3) is 0.364. The summed E-state index contributed by atoms with van der Waals surface area (Å²) < 4.78 is 31.7. The van der Waals surface area contributed by atoms with Crippen LogP contribution in [0.1, 0.15) is 63.7 Å². The monoisotopic (exact) mass is 858 g/mol. The quantitative estimate of drug-likeness (QED) is 0.0547. The maximum atomic E-state index is 15.9. The minimum atomic E-state index is -1.38. The van der Waals surface area contributed by atoms with Crippen molar-refractivity contribution in [3.05, 3.63) is 92.5 Å². The van der Waals surface area contributed by atoms with Crippen LogP contribution in [0.3, 0.4) is 0 Å². The molecule has 2 aliphatic rings. The van der Waals surface area contributed by atoms with Crippen molar-refractivity contribution in [1.29, 1.82) is 0 Å². The van der Waals surface area contributed by atoms with Crippen LogP contribution in [0.15, 0.2) is 36.4 Å². The summed E-state index contributed by atoms with van der Waals surface area (Å²) in [6, 6.07) is 7.85. The number of phenols is 4. The molecule has 6 rings (SSSR count). The number of ketones is 4. The highest BCUT2D eigenvalue weighted by Crippen LogP contribution is 2.45. The molecule has 4 aromatic carbocycles. The van der Waals surface area contributed by atoms with Crippen LogP contribution >= 0.6 is 0 Å². The van der Waals surface area contributed by atoms with E-state index in [1.807, 2.05) is 42.9 Å². The lowest BCUT2D eigenvalue weighted by molar-refractivity contribution is 0.0974. The SMILES string of the molecule is CN(C)CCNc1ccc(O)c2c1C(=O)c1c(NCCN(C)CCN(C)CCNc3c(F)c(F)c(NCCN(C)C)c4c3C(=O)c3c(O)ccc(O)c3C4=O)ccc(O)c1C2=O. The van der Waals surface area contributed by atoms with Crippen LogP contribution in [-0.2, 0) is 0 Å². The Labute approximate surface area is 357 Å². The van der Waals surface area contributed by atoms with Gasteiger partial charge in [0.2, 0.25) is 17.3 Å². The topological polar surface area (TPSA) is 210 Å². The van der Waals surface area contributed by atoms with E-state index in [4.69, 9.17) is 0 Å². The number of likely N-dealkylation sites (N-methyl/N-ethyl adjacent to an activating group) is 4. The molecule has 330 valence electrons. The molecule has 0 aliphatic heterocycles. The van der Waals surface area contributed by atoms with E-state index >= 15 is 8.78 Å². The van der Waals surface area contributed by atoms with Crippen molar-refractivity contribution in [2.75, 3.05) is 129 Å². The molecule has 0 spiro atoms. The summed E-state index contributed by atoms with van der Waals surface area (Å²) in [6.07, 6.45) is 0. The van der Waals surface area contributed by atoms with Crippen molar-refractivity contribution >= 4 is 45.9 Å². The fourth-order valence-corrected chi connectivity index (χ4v) is 7.56. The van der Waals surface area contributed by atoms with Gasteiger partial charge in [-0.25, -0.2) is 8.78 Å². The Kier molecular flexibility index (Phi) is 13.7. The van der Waals surface area contributed by atoms with Crippen molar-refractivity contribution in [3.63, 3.8) is 0 Å². The van der Waals surface area contributed by atoms with Crippen molar-refractivity contribution in [2.45, 2.75) is 0 Å². The Morgan fingerprint density at radius 2 is 0.694 bits per heavy atom.